The van der Waals surface area contributed by atoms with Gasteiger partial charge in [0, 0.05) is 30.0 Å². The van der Waals surface area contributed by atoms with E-state index in [1.54, 1.807) is 13.2 Å². The third-order valence-electron chi connectivity index (χ3n) is 2.56. The highest BCUT2D eigenvalue weighted by Crippen LogP contribution is 2.20. The number of carbonyl (C=O) groups excluding carboxylic acids is 1. The molecule has 0 aliphatic rings. The Kier molecular flexibility index (Phi) is 6.08. The number of benzene rings is 1. The molecule has 1 rings (SSSR count). The lowest BCUT2D eigenvalue weighted by atomic mass is 10.1. The zero-order chi connectivity index (χ0) is 12.7. The highest BCUT2D eigenvalue weighted by Gasteiger charge is 2.07. The van der Waals surface area contributed by atoms with Crippen LogP contribution in [-0.2, 0) is 6.54 Å². The first-order valence-electron chi connectivity index (χ1n) is 5.50. The van der Waals surface area contributed by atoms with Gasteiger partial charge in [0.25, 0.3) is 0 Å². The Morgan fingerprint density at radius 1 is 1.47 bits per heavy atom. The van der Waals surface area contributed by atoms with Gasteiger partial charge in [0.2, 0.25) is 0 Å². The number of hydrogen-bond donors (Lipinski definition) is 0. The third-order valence-corrected chi connectivity index (χ3v) is 3.15. The van der Waals surface area contributed by atoms with Crippen molar-refractivity contribution in [2.75, 3.05) is 32.7 Å². The van der Waals surface area contributed by atoms with Gasteiger partial charge in [-0.05, 0) is 31.5 Å². The fourth-order valence-corrected chi connectivity index (χ4v) is 2.11. The molecule has 94 valence electrons. The SMILES string of the molecule is COc1ccc(C=O)cc1CN(C)CCSC. The van der Waals surface area contributed by atoms with Gasteiger partial charge in [-0.15, -0.1) is 0 Å². The fraction of sp³-hybridized carbons (Fsp3) is 0.462. The second-order valence-electron chi connectivity index (χ2n) is 3.92. The smallest absolute Gasteiger partial charge is 0.150 e. The van der Waals surface area contributed by atoms with Gasteiger partial charge in [-0.3, -0.25) is 4.79 Å². The molecule has 0 heterocycles. The van der Waals surface area contributed by atoms with Crippen LogP contribution in [0.2, 0.25) is 0 Å². The molecule has 0 unspecified atom stereocenters. The molecule has 0 aromatic heterocycles. The summed E-state index contributed by atoms with van der Waals surface area (Å²) in [5.41, 5.74) is 1.75. The number of nitrogens with zero attached hydrogens (tertiary/aromatic N) is 1. The van der Waals surface area contributed by atoms with Crippen molar-refractivity contribution < 1.29 is 9.53 Å². The zero-order valence-electron chi connectivity index (χ0n) is 10.6. The Hall–Kier alpha value is -1.00. The van der Waals surface area contributed by atoms with Crippen molar-refractivity contribution in [3.63, 3.8) is 0 Å². The van der Waals surface area contributed by atoms with Gasteiger partial charge in [0.05, 0.1) is 7.11 Å². The van der Waals surface area contributed by atoms with E-state index in [0.29, 0.717) is 5.56 Å². The third kappa shape index (κ3) is 4.40. The monoisotopic (exact) mass is 253 g/mol. The number of ether oxygens (including phenoxy) is 1. The average Bonchev–Trinajstić information content (AvgIpc) is 2.36. The van der Waals surface area contributed by atoms with E-state index in [-0.39, 0.29) is 0 Å². The summed E-state index contributed by atoms with van der Waals surface area (Å²) in [5.74, 6) is 1.94. The van der Waals surface area contributed by atoms with Crippen LogP contribution in [0.3, 0.4) is 0 Å². The number of thioether (sulfide) groups is 1. The first-order valence-corrected chi connectivity index (χ1v) is 6.90. The summed E-state index contributed by atoms with van der Waals surface area (Å²) < 4.78 is 5.30. The van der Waals surface area contributed by atoms with Crippen LogP contribution in [0.1, 0.15) is 15.9 Å². The molecule has 0 aliphatic heterocycles. The Morgan fingerprint density at radius 3 is 2.82 bits per heavy atom. The number of rotatable bonds is 7. The lowest BCUT2D eigenvalue weighted by molar-refractivity contribution is 0.112. The maximum Gasteiger partial charge on any atom is 0.150 e. The Morgan fingerprint density at radius 2 is 2.24 bits per heavy atom. The minimum absolute atomic E-state index is 0.694. The lowest BCUT2D eigenvalue weighted by Crippen LogP contribution is -2.21. The molecule has 3 nitrogen and oxygen atoms in total. The van der Waals surface area contributed by atoms with Crippen molar-refractivity contribution in [1.82, 2.24) is 4.90 Å². The molecule has 0 atom stereocenters. The summed E-state index contributed by atoms with van der Waals surface area (Å²) in [6.45, 7) is 1.82. The number of methoxy groups -OCH3 is 1. The first kappa shape index (κ1) is 14.1. The summed E-state index contributed by atoms with van der Waals surface area (Å²) in [7, 11) is 3.73. The number of hydrogen-bond acceptors (Lipinski definition) is 4. The molecule has 0 saturated carbocycles. The lowest BCUT2D eigenvalue weighted by Gasteiger charge is -2.18. The van der Waals surface area contributed by atoms with Crippen LogP contribution in [0, 0.1) is 0 Å². The van der Waals surface area contributed by atoms with Crippen LogP contribution in [-0.4, -0.2) is 43.9 Å². The molecular weight excluding hydrogens is 234 g/mol. The van der Waals surface area contributed by atoms with Crippen LogP contribution >= 0.6 is 11.8 Å². The van der Waals surface area contributed by atoms with E-state index >= 15 is 0 Å². The van der Waals surface area contributed by atoms with Crippen molar-refractivity contribution in [1.29, 1.82) is 0 Å². The number of carbonyl (C=O) groups is 1. The van der Waals surface area contributed by atoms with Crippen LogP contribution in [0.4, 0.5) is 0 Å². The van der Waals surface area contributed by atoms with Gasteiger partial charge in [-0.2, -0.15) is 11.8 Å². The molecule has 1 aromatic carbocycles. The normalized spacial score (nSPS) is 10.6. The molecular formula is C13H19NO2S. The van der Waals surface area contributed by atoms with Gasteiger partial charge in [0.15, 0.2) is 0 Å². The van der Waals surface area contributed by atoms with Crippen LogP contribution in [0.25, 0.3) is 0 Å². The molecule has 1 aromatic rings. The molecule has 0 fully saturated rings. The quantitative estimate of drug-likeness (QED) is 0.697. The van der Waals surface area contributed by atoms with E-state index in [9.17, 15) is 4.79 Å². The van der Waals surface area contributed by atoms with E-state index in [1.807, 2.05) is 23.9 Å². The minimum atomic E-state index is 0.694. The van der Waals surface area contributed by atoms with E-state index in [1.165, 1.54) is 0 Å². The summed E-state index contributed by atoms with van der Waals surface area (Å²) in [6.07, 6.45) is 2.96. The maximum atomic E-state index is 10.8. The van der Waals surface area contributed by atoms with E-state index in [4.69, 9.17) is 4.74 Å². The van der Waals surface area contributed by atoms with Crippen LogP contribution < -0.4 is 4.74 Å². The highest BCUT2D eigenvalue weighted by atomic mass is 32.2. The summed E-state index contributed by atoms with van der Waals surface area (Å²) in [5, 5.41) is 0. The second-order valence-corrected chi connectivity index (χ2v) is 4.91. The van der Waals surface area contributed by atoms with Crippen molar-refractivity contribution in [2.24, 2.45) is 0 Å². The van der Waals surface area contributed by atoms with Crippen molar-refractivity contribution in [3.05, 3.63) is 29.3 Å². The summed E-state index contributed by atoms with van der Waals surface area (Å²) in [6, 6.07) is 5.51. The summed E-state index contributed by atoms with van der Waals surface area (Å²) in [4.78, 5) is 13.0. The molecule has 17 heavy (non-hydrogen) atoms. The molecule has 0 amide bonds. The molecule has 0 bridgehead atoms. The van der Waals surface area contributed by atoms with Crippen LogP contribution in [0.15, 0.2) is 18.2 Å². The minimum Gasteiger partial charge on any atom is -0.496 e. The van der Waals surface area contributed by atoms with Gasteiger partial charge >= 0.3 is 0 Å². The van der Waals surface area contributed by atoms with E-state index in [2.05, 4.69) is 18.2 Å². The molecule has 4 heteroatoms. The van der Waals surface area contributed by atoms with Gasteiger partial charge in [0.1, 0.15) is 12.0 Å². The van der Waals surface area contributed by atoms with Crippen molar-refractivity contribution >= 4 is 18.0 Å². The zero-order valence-corrected chi connectivity index (χ0v) is 11.4. The molecule has 0 aliphatic carbocycles. The van der Waals surface area contributed by atoms with Crippen LogP contribution in [0.5, 0.6) is 5.75 Å². The Bertz CT molecular complexity index is 368. The molecule has 0 radical (unpaired) electrons. The predicted octanol–water partition coefficient (Wildman–Crippen LogP) is 2.30. The Labute approximate surface area is 107 Å². The fourth-order valence-electron chi connectivity index (χ4n) is 1.61. The number of aldehydes is 1. The topological polar surface area (TPSA) is 29.5 Å². The largest absolute Gasteiger partial charge is 0.496 e. The van der Waals surface area contributed by atoms with Gasteiger partial charge in [-0.1, -0.05) is 0 Å². The predicted molar refractivity (Wildman–Crippen MR) is 73.1 cm³/mol. The second kappa shape index (κ2) is 7.35. The average molecular weight is 253 g/mol. The van der Waals surface area contributed by atoms with Gasteiger partial charge in [-0.25, -0.2) is 0 Å². The Balaban J connectivity index is 2.76. The molecule has 0 N–H and O–H groups in total. The maximum absolute atomic E-state index is 10.8. The van der Waals surface area contributed by atoms with Crippen molar-refractivity contribution in [3.8, 4) is 5.75 Å². The molecule has 0 saturated heterocycles. The standard InChI is InChI=1S/C13H19NO2S/c1-14(6-7-17-3)9-12-8-11(10-15)4-5-13(12)16-2/h4-5,8,10H,6-7,9H2,1-3H3. The molecule has 0 spiro atoms. The summed E-state index contributed by atoms with van der Waals surface area (Å²) >= 11 is 1.83. The van der Waals surface area contributed by atoms with Gasteiger partial charge < -0.3 is 9.64 Å². The van der Waals surface area contributed by atoms with Crippen molar-refractivity contribution in [2.45, 2.75) is 6.54 Å². The highest BCUT2D eigenvalue weighted by molar-refractivity contribution is 7.98. The van der Waals surface area contributed by atoms with E-state index < -0.39 is 0 Å². The van der Waals surface area contributed by atoms with E-state index in [0.717, 1.165) is 36.4 Å². The first-order chi connectivity index (χ1) is 8.21.